The van der Waals surface area contributed by atoms with Gasteiger partial charge in [-0.05, 0) is 45.7 Å². The number of ether oxygens (including phenoxy) is 2. The molecule has 3 nitrogen and oxygen atoms in total. The number of aryl methyl sites for hydroxylation is 2. The van der Waals surface area contributed by atoms with Crippen molar-refractivity contribution in [3.63, 3.8) is 0 Å². The van der Waals surface area contributed by atoms with Crippen LogP contribution in [-0.4, -0.2) is 19.7 Å². The Balaban J connectivity index is 0.00000242. The Hall–Kier alpha value is -1.26. The normalized spacial score (nSPS) is 10.4. The van der Waals surface area contributed by atoms with Gasteiger partial charge in [-0.2, -0.15) is 0 Å². The van der Waals surface area contributed by atoms with E-state index in [1.165, 1.54) is 0 Å². The second kappa shape index (κ2) is 8.39. The van der Waals surface area contributed by atoms with Crippen LogP contribution in [0.5, 0.6) is 11.5 Å². The van der Waals surface area contributed by atoms with Crippen molar-refractivity contribution in [3.8, 4) is 11.5 Å². The van der Waals surface area contributed by atoms with Gasteiger partial charge in [0.15, 0.2) is 5.52 Å². The molecule has 0 N–H and O–H groups in total. The first-order chi connectivity index (χ1) is 10.1. The average Bonchev–Trinajstić information content (AvgIpc) is 2.47. The summed E-state index contributed by atoms with van der Waals surface area (Å²) in [4.78, 5) is 12.6. The molecule has 0 aliphatic heterocycles. The Kier molecular flexibility index (Phi) is 7.17. The van der Waals surface area contributed by atoms with Crippen LogP contribution in [-0.2, 0) is 0 Å². The summed E-state index contributed by atoms with van der Waals surface area (Å²) in [6.07, 6.45) is 0. The zero-order chi connectivity index (χ0) is 15.4. The Morgan fingerprint density at radius 2 is 1.64 bits per heavy atom. The summed E-state index contributed by atoms with van der Waals surface area (Å²) in [5, 5.41) is 0.894. The second-order valence-electron chi connectivity index (χ2n) is 4.79. The Bertz CT molecular complexity index is 651. The van der Waals surface area contributed by atoms with Crippen LogP contribution in [0, 0.1) is 13.8 Å². The maximum absolute atomic E-state index is 12.6. The maximum Gasteiger partial charge on any atom is 1.00 e. The minimum absolute atomic E-state index is 0. The van der Waals surface area contributed by atoms with Crippen molar-refractivity contribution in [2.75, 3.05) is 14.2 Å². The summed E-state index contributed by atoms with van der Waals surface area (Å²) in [5.74, 6) is 1.41. The fourth-order valence-corrected chi connectivity index (χ4v) is 3.49. The van der Waals surface area contributed by atoms with Gasteiger partial charge in [-0.15, -0.1) is 0 Å². The summed E-state index contributed by atoms with van der Waals surface area (Å²) < 4.78 is 10.5. The molecular formula is C17H19LiO3P+. The summed E-state index contributed by atoms with van der Waals surface area (Å²) in [5.41, 5.74) is 2.97. The van der Waals surface area contributed by atoms with Gasteiger partial charge in [0.25, 0.3) is 0 Å². The summed E-state index contributed by atoms with van der Waals surface area (Å²) in [7, 11) is 3.25. The largest absolute Gasteiger partial charge is 1.00 e. The van der Waals surface area contributed by atoms with Gasteiger partial charge in [0.05, 0.1) is 14.2 Å². The molecule has 1 unspecified atom stereocenters. The molecule has 110 valence electrons. The third-order valence-electron chi connectivity index (χ3n) is 3.37. The van der Waals surface area contributed by atoms with Crippen LogP contribution in [0.15, 0.2) is 36.4 Å². The van der Waals surface area contributed by atoms with E-state index in [1.54, 1.807) is 20.3 Å². The molecule has 0 aliphatic carbocycles. The summed E-state index contributed by atoms with van der Waals surface area (Å²) in [6, 6.07) is 11.5. The van der Waals surface area contributed by atoms with Gasteiger partial charge in [-0.1, -0.05) is 18.2 Å². The molecule has 0 aromatic heterocycles. The average molecular weight is 309 g/mol. The standard InChI is InChI=1S/C17H19O3P.Li/c1-11-6-5-7-12(2)16(11)17(18)21-15-9-8-13(19-3)10-14(15)20-4;/h5-10,21H,1-4H3;/q;+1. The number of hydrogen-bond acceptors (Lipinski definition) is 3. The molecule has 0 heterocycles. The fourth-order valence-electron chi connectivity index (χ4n) is 2.26. The van der Waals surface area contributed by atoms with E-state index in [0.29, 0.717) is 5.75 Å². The minimum Gasteiger partial charge on any atom is -0.497 e. The van der Waals surface area contributed by atoms with Crippen LogP contribution >= 0.6 is 8.58 Å². The molecule has 0 saturated heterocycles. The monoisotopic (exact) mass is 309 g/mol. The number of benzene rings is 2. The van der Waals surface area contributed by atoms with Gasteiger partial charge in [0, 0.05) is 16.9 Å². The number of carbonyl (C=O) groups is 1. The number of hydrogen-bond donors (Lipinski definition) is 0. The van der Waals surface area contributed by atoms with Crippen molar-refractivity contribution < 1.29 is 33.1 Å². The molecule has 0 radical (unpaired) electrons. The third kappa shape index (κ3) is 4.14. The Morgan fingerprint density at radius 1 is 1.00 bits per heavy atom. The van der Waals surface area contributed by atoms with Crippen LogP contribution in [0.3, 0.4) is 0 Å². The molecule has 0 saturated carbocycles. The molecule has 2 aromatic carbocycles. The first-order valence-corrected chi connectivity index (χ1v) is 7.66. The van der Waals surface area contributed by atoms with Crippen molar-refractivity contribution in [3.05, 3.63) is 53.1 Å². The fraction of sp³-hybridized carbons (Fsp3) is 0.235. The van der Waals surface area contributed by atoms with Crippen molar-refractivity contribution in [1.82, 2.24) is 0 Å². The predicted molar refractivity (Wildman–Crippen MR) is 87.7 cm³/mol. The van der Waals surface area contributed by atoms with Gasteiger partial charge in [0.2, 0.25) is 0 Å². The van der Waals surface area contributed by atoms with E-state index < -0.39 is 0 Å². The van der Waals surface area contributed by atoms with E-state index in [2.05, 4.69) is 0 Å². The Morgan fingerprint density at radius 3 is 2.18 bits per heavy atom. The van der Waals surface area contributed by atoms with E-state index in [4.69, 9.17) is 9.47 Å². The molecule has 5 heteroatoms. The van der Waals surface area contributed by atoms with Gasteiger partial charge in [-0.25, -0.2) is 0 Å². The molecule has 2 aromatic rings. The molecule has 0 fully saturated rings. The quantitative estimate of drug-likeness (QED) is 0.595. The first-order valence-electron chi connectivity index (χ1n) is 6.66. The Labute approximate surface area is 145 Å². The molecule has 0 bridgehead atoms. The van der Waals surface area contributed by atoms with E-state index in [-0.39, 0.29) is 33.0 Å². The SMILES string of the molecule is COc1ccc(PC(=O)c2c(C)cccc2C)c(OC)c1.[Li+]. The van der Waals surface area contributed by atoms with E-state index in [1.807, 2.05) is 44.2 Å². The molecule has 0 spiro atoms. The van der Waals surface area contributed by atoms with Crippen LogP contribution in [0.2, 0.25) is 0 Å². The third-order valence-corrected chi connectivity index (χ3v) is 4.52. The van der Waals surface area contributed by atoms with Crippen LogP contribution < -0.4 is 33.6 Å². The van der Waals surface area contributed by atoms with Crippen molar-refractivity contribution in [2.24, 2.45) is 0 Å². The van der Waals surface area contributed by atoms with Gasteiger partial charge in [-0.3, -0.25) is 4.79 Å². The van der Waals surface area contributed by atoms with E-state index >= 15 is 0 Å². The number of methoxy groups -OCH3 is 2. The topological polar surface area (TPSA) is 35.5 Å². The molecule has 0 aliphatic rings. The molecule has 2 rings (SSSR count). The van der Waals surface area contributed by atoms with E-state index in [9.17, 15) is 4.79 Å². The van der Waals surface area contributed by atoms with Gasteiger partial charge >= 0.3 is 18.9 Å². The first kappa shape index (κ1) is 18.8. The molecule has 0 amide bonds. The van der Waals surface area contributed by atoms with Crippen molar-refractivity contribution in [1.29, 1.82) is 0 Å². The van der Waals surface area contributed by atoms with Gasteiger partial charge in [0.1, 0.15) is 11.5 Å². The minimum atomic E-state index is 0. The van der Waals surface area contributed by atoms with Crippen LogP contribution in [0.4, 0.5) is 0 Å². The summed E-state index contributed by atoms with van der Waals surface area (Å²) >= 11 is 0. The number of rotatable bonds is 5. The smallest absolute Gasteiger partial charge is 0.497 e. The zero-order valence-electron chi connectivity index (χ0n) is 13.7. The van der Waals surface area contributed by atoms with Gasteiger partial charge < -0.3 is 9.47 Å². The summed E-state index contributed by atoms with van der Waals surface area (Å²) in [6.45, 7) is 3.94. The van der Waals surface area contributed by atoms with Crippen LogP contribution in [0.1, 0.15) is 21.5 Å². The van der Waals surface area contributed by atoms with Crippen LogP contribution in [0.25, 0.3) is 0 Å². The zero-order valence-corrected chi connectivity index (χ0v) is 14.7. The van der Waals surface area contributed by atoms with E-state index in [0.717, 1.165) is 27.7 Å². The van der Waals surface area contributed by atoms with Crippen molar-refractivity contribution in [2.45, 2.75) is 13.8 Å². The molecular weight excluding hydrogens is 290 g/mol. The number of carbonyl (C=O) groups excluding carboxylic acids is 1. The second-order valence-corrected chi connectivity index (χ2v) is 6.03. The molecule has 1 atom stereocenters. The maximum atomic E-state index is 12.6. The van der Waals surface area contributed by atoms with Crippen molar-refractivity contribution >= 4 is 19.4 Å². The molecule has 22 heavy (non-hydrogen) atoms. The predicted octanol–water partition coefficient (Wildman–Crippen LogP) is 0.469.